The molecule has 5 heteroatoms. The highest BCUT2D eigenvalue weighted by atomic mass is 127. The summed E-state index contributed by atoms with van der Waals surface area (Å²) in [5.74, 6) is 0.540. The van der Waals surface area contributed by atoms with Gasteiger partial charge in [-0.15, -0.1) is 24.0 Å². The first-order chi connectivity index (χ1) is 8.18. The van der Waals surface area contributed by atoms with Crippen molar-refractivity contribution in [2.75, 3.05) is 13.2 Å². The summed E-state index contributed by atoms with van der Waals surface area (Å²) < 4.78 is 5.82. The Morgan fingerprint density at radius 1 is 1.33 bits per heavy atom. The third-order valence-corrected chi connectivity index (χ3v) is 2.93. The van der Waals surface area contributed by atoms with Gasteiger partial charge < -0.3 is 15.8 Å². The standard InChI is InChI=1S/C13H27N3O.HI/c1-11(2)16-13(14)15-9-6-10-17-12-7-4-3-5-8-12;/h11-12H,3-10H2,1-2H3,(H3,14,15,16);1H. The zero-order valence-electron chi connectivity index (χ0n) is 11.7. The number of ether oxygens (including phenoxy) is 1. The predicted molar refractivity (Wildman–Crippen MR) is 87.6 cm³/mol. The Hall–Kier alpha value is -0.0400. The lowest BCUT2D eigenvalue weighted by Gasteiger charge is -2.21. The summed E-state index contributed by atoms with van der Waals surface area (Å²) in [5.41, 5.74) is 5.70. The van der Waals surface area contributed by atoms with Crippen molar-refractivity contribution in [2.45, 2.75) is 64.5 Å². The highest BCUT2D eigenvalue weighted by molar-refractivity contribution is 14.0. The van der Waals surface area contributed by atoms with Gasteiger partial charge in [0.05, 0.1) is 6.10 Å². The summed E-state index contributed by atoms with van der Waals surface area (Å²) in [5, 5.41) is 3.07. The highest BCUT2D eigenvalue weighted by Crippen LogP contribution is 2.20. The van der Waals surface area contributed by atoms with Gasteiger partial charge in [-0.2, -0.15) is 0 Å². The molecule has 0 spiro atoms. The van der Waals surface area contributed by atoms with Crippen molar-refractivity contribution >= 4 is 29.9 Å². The third kappa shape index (κ3) is 8.97. The van der Waals surface area contributed by atoms with Crippen molar-refractivity contribution in [3.63, 3.8) is 0 Å². The van der Waals surface area contributed by atoms with Crippen LogP contribution in [0.15, 0.2) is 4.99 Å². The number of rotatable bonds is 6. The molecule has 4 nitrogen and oxygen atoms in total. The van der Waals surface area contributed by atoms with Gasteiger partial charge in [0, 0.05) is 19.2 Å². The molecule has 108 valence electrons. The summed E-state index contributed by atoms with van der Waals surface area (Å²) in [4.78, 5) is 4.25. The van der Waals surface area contributed by atoms with Crippen molar-refractivity contribution in [3.05, 3.63) is 0 Å². The van der Waals surface area contributed by atoms with Crippen LogP contribution in [0.5, 0.6) is 0 Å². The topological polar surface area (TPSA) is 59.6 Å². The molecule has 0 aliphatic heterocycles. The molecule has 0 saturated heterocycles. The fourth-order valence-electron chi connectivity index (χ4n) is 2.09. The van der Waals surface area contributed by atoms with E-state index in [9.17, 15) is 0 Å². The number of nitrogens with two attached hydrogens (primary N) is 1. The molecule has 0 aromatic rings. The molecular weight excluding hydrogens is 341 g/mol. The highest BCUT2D eigenvalue weighted by Gasteiger charge is 2.12. The van der Waals surface area contributed by atoms with E-state index in [4.69, 9.17) is 10.5 Å². The number of halogens is 1. The molecule has 0 amide bonds. The van der Waals surface area contributed by atoms with E-state index in [-0.39, 0.29) is 24.0 Å². The third-order valence-electron chi connectivity index (χ3n) is 2.93. The van der Waals surface area contributed by atoms with Crippen LogP contribution in [-0.4, -0.2) is 31.3 Å². The fraction of sp³-hybridized carbons (Fsp3) is 0.923. The van der Waals surface area contributed by atoms with E-state index >= 15 is 0 Å². The van der Waals surface area contributed by atoms with Gasteiger partial charge in [0.25, 0.3) is 0 Å². The van der Waals surface area contributed by atoms with Crippen LogP contribution >= 0.6 is 24.0 Å². The van der Waals surface area contributed by atoms with Gasteiger partial charge in [-0.25, -0.2) is 0 Å². The smallest absolute Gasteiger partial charge is 0.188 e. The van der Waals surface area contributed by atoms with Gasteiger partial charge in [0.2, 0.25) is 0 Å². The second kappa shape index (κ2) is 10.8. The van der Waals surface area contributed by atoms with Gasteiger partial charge in [-0.05, 0) is 33.1 Å². The number of nitrogens with zero attached hydrogens (tertiary/aromatic N) is 1. The minimum atomic E-state index is 0. The molecule has 1 aliphatic carbocycles. The second-order valence-electron chi connectivity index (χ2n) is 5.05. The maximum absolute atomic E-state index is 5.82. The Morgan fingerprint density at radius 2 is 2.00 bits per heavy atom. The average Bonchev–Trinajstić information content (AvgIpc) is 2.29. The molecule has 1 rings (SSSR count). The molecule has 0 unspecified atom stereocenters. The summed E-state index contributed by atoms with van der Waals surface area (Å²) in [6.07, 6.45) is 7.96. The summed E-state index contributed by atoms with van der Waals surface area (Å²) >= 11 is 0. The number of nitrogens with one attached hydrogen (secondary N) is 1. The molecule has 0 radical (unpaired) electrons. The fourth-order valence-corrected chi connectivity index (χ4v) is 2.09. The zero-order chi connectivity index (χ0) is 12.5. The van der Waals surface area contributed by atoms with Crippen LogP contribution in [0.3, 0.4) is 0 Å². The minimum Gasteiger partial charge on any atom is -0.378 e. The van der Waals surface area contributed by atoms with Crippen molar-refractivity contribution in [2.24, 2.45) is 10.7 Å². The van der Waals surface area contributed by atoms with Crippen LogP contribution in [0.1, 0.15) is 52.4 Å². The van der Waals surface area contributed by atoms with E-state index < -0.39 is 0 Å². The Kier molecular flexibility index (Phi) is 10.8. The minimum absolute atomic E-state index is 0. The number of guanidine groups is 1. The molecule has 1 saturated carbocycles. The molecule has 0 aromatic carbocycles. The van der Waals surface area contributed by atoms with Crippen LogP contribution in [0.2, 0.25) is 0 Å². The van der Waals surface area contributed by atoms with E-state index in [2.05, 4.69) is 24.2 Å². The quantitative estimate of drug-likeness (QED) is 0.328. The van der Waals surface area contributed by atoms with Gasteiger partial charge in [0.15, 0.2) is 5.96 Å². The van der Waals surface area contributed by atoms with Crippen LogP contribution in [0.4, 0.5) is 0 Å². The lowest BCUT2D eigenvalue weighted by atomic mass is 9.98. The van der Waals surface area contributed by atoms with E-state index in [0.717, 1.165) is 19.6 Å². The van der Waals surface area contributed by atoms with Crippen molar-refractivity contribution in [1.29, 1.82) is 0 Å². The summed E-state index contributed by atoms with van der Waals surface area (Å²) in [6.45, 7) is 5.66. The van der Waals surface area contributed by atoms with Gasteiger partial charge in [0.1, 0.15) is 0 Å². The Morgan fingerprint density at radius 3 is 2.61 bits per heavy atom. The molecule has 0 aromatic heterocycles. The number of aliphatic imine (C=N–C) groups is 1. The number of hydrogen-bond donors (Lipinski definition) is 2. The molecule has 0 atom stereocenters. The van der Waals surface area contributed by atoms with E-state index in [0.29, 0.717) is 18.1 Å². The van der Waals surface area contributed by atoms with Crippen LogP contribution in [0.25, 0.3) is 0 Å². The first-order valence-corrected chi connectivity index (χ1v) is 6.86. The Bertz CT molecular complexity index is 228. The molecule has 1 aliphatic rings. The maximum atomic E-state index is 5.82. The van der Waals surface area contributed by atoms with Crippen LogP contribution in [0, 0.1) is 0 Å². The first kappa shape index (κ1) is 18.0. The summed E-state index contributed by atoms with van der Waals surface area (Å²) in [7, 11) is 0. The normalized spacial score (nSPS) is 17.6. The average molecular weight is 369 g/mol. The molecule has 18 heavy (non-hydrogen) atoms. The van der Waals surface area contributed by atoms with Gasteiger partial charge >= 0.3 is 0 Å². The lowest BCUT2D eigenvalue weighted by Crippen LogP contribution is -2.36. The van der Waals surface area contributed by atoms with Crippen molar-refractivity contribution < 1.29 is 4.74 Å². The zero-order valence-corrected chi connectivity index (χ0v) is 14.0. The molecule has 0 bridgehead atoms. The molecule has 1 fully saturated rings. The van der Waals surface area contributed by atoms with Crippen molar-refractivity contribution in [3.8, 4) is 0 Å². The summed E-state index contributed by atoms with van der Waals surface area (Å²) in [6, 6.07) is 0.345. The second-order valence-corrected chi connectivity index (χ2v) is 5.05. The van der Waals surface area contributed by atoms with E-state index in [1.165, 1.54) is 32.1 Å². The molecular formula is C13H28IN3O. The van der Waals surface area contributed by atoms with Gasteiger partial charge in [-0.3, -0.25) is 4.99 Å². The SMILES string of the molecule is CC(C)NC(N)=NCCCOC1CCCCC1.I. The largest absolute Gasteiger partial charge is 0.378 e. The maximum Gasteiger partial charge on any atom is 0.188 e. The molecule has 3 N–H and O–H groups in total. The van der Waals surface area contributed by atoms with Crippen LogP contribution in [-0.2, 0) is 4.74 Å². The van der Waals surface area contributed by atoms with Gasteiger partial charge in [-0.1, -0.05) is 19.3 Å². The Labute approximate surface area is 128 Å². The van der Waals surface area contributed by atoms with Crippen molar-refractivity contribution in [1.82, 2.24) is 5.32 Å². The van der Waals surface area contributed by atoms with E-state index in [1.54, 1.807) is 0 Å². The number of hydrogen-bond acceptors (Lipinski definition) is 2. The monoisotopic (exact) mass is 369 g/mol. The van der Waals surface area contributed by atoms with E-state index in [1.807, 2.05) is 0 Å². The van der Waals surface area contributed by atoms with Crippen LogP contribution < -0.4 is 11.1 Å². The Balaban J connectivity index is 0.00000289. The lowest BCUT2D eigenvalue weighted by molar-refractivity contribution is 0.0281. The first-order valence-electron chi connectivity index (χ1n) is 6.86. The predicted octanol–water partition coefficient (Wildman–Crippen LogP) is 2.66. The molecule has 0 heterocycles.